The average molecular weight is 286 g/mol. The second kappa shape index (κ2) is 7.96. The Balaban J connectivity index is 1.92. The molecule has 1 aromatic heterocycles. The summed E-state index contributed by atoms with van der Waals surface area (Å²) >= 11 is 0. The molecule has 1 heterocycles. The summed E-state index contributed by atoms with van der Waals surface area (Å²) in [5.41, 5.74) is 1.34. The van der Waals surface area contributed by atoms with Gasteiger partial charge in [-0.3, -0.25) is 0 Å². The normalized spacial score (nSPS) is 12.8. The van der Waals surface area contributed by atoms with E-state index in [1.165, 1.54) is 5.56 Å². The summed E-state index contributed by atoms with van der Waals surface area (Å²) in [6.07, 6.45) is 5.07. The van der Waals surface area contributed by atoms with E-state index in [1.54, 1.807) is 0 Å². The molecule has 1 N–H and O–H groups in total. The summed E-state index contributed by atoms with van der Waals surface area (Å²) < 4.78 is 2.22. The maximum Gasteiger partial charge on any atom is 0.122 e. The van der Waals surface area contributed by atoms with E-state index in [2.05, 4.69) is 77.3 Å². The second-order valence-electron chi connectivity index (χ2n) is 5.56. The second-order valence-corrected chi connectivity index (χ2v) is 5.56. The van der Waals surface area contributed by atoms with Gasteiger partial charge in [-0.15, -0.1) is 0 Å². The number of aryl methyl sites for hydroxylation is 1. The maximum absolute atomic E-state index is 4.44. The van der Waals surface area contributed by atoms with Crippen molar-refractivity contribution in [1.29, 1.82) is 0 Å². The first-order valence-electron chi connectivity index (χ1n) is 7.64. The van der Waals surface area contributed by atoms with Crippen molar-refractivity contribution in [2.75, 3.05) is 20.6 Å². The fourth-order valence-corrected chi connectivity index (χ4v) is 2.55. The molecule has 1 unspecified atom stereocenters. The zero-order chi connectivity index (χ0) is 15.1. The molecule has 1 aromatic carbocycles. The van der Waals surface area contributed by atoms with E-state index in [-0.39, 0.29) is 0 Å². The van der Waals surface area contributed by atoms with Crippen LogP contribution in [0.4, 0.5) is 0 Å². The van der Waals surface area contributed by atoms with Crippen LogP contribution in [-0.2, 0) is 13.1 Å². The van der Waals surface area contributed by atoms with Crippen LogP contribution in [0.15, 0.2) is 42.7 Å². The van der Waals surface area contributed by atoms with Gasteiger partial charge in [0.15, 0.2) is 0 Å². The highest BCUT2D eigenvalue weighted by atomic mass is 15.1. The Morgan fingerprint density at radius 1 is 1.24 bits per heavy atom. The number of nitrogens with zero attached hydrogens (tertiary/aromatic N) is 3. The fourth-order valence-electron chi connectivity index (χ4n) is 2.55. The first-order chi connectivity index (χ1) is 10.2. The minimum absolute atomic E-state index is 0.376. The number of hydrogen-bond donors (Lipinski definition) is 1. The highest BCUT2D eigenvalue weighted by Gasteiger charge is 2.13. The molecule has 0 spiro atoms. The molecule has 0 fully saturated rings. The van der Waals surface area contributed by atoms with Crippen molar-refractivity contribution in [2.45, 2.75) is 32.5 Å². The van der Waals surface area contributed by atoms with E-state index in [9.17, 15) is 0 Å². The molecule has 0 radical (unpaired) electrons. The van der Waals surface area contributed by atoms with Crippen LogP contribution in [0, 0.1) is 0 Å². The third kappa shape index (κ3) is 4.41. The highest BCUT2D eigenvalue weighted by Crippen LogP contribution is 2.16. The summed E-state index contributed by atoms with van der Waals surface area (Å²) in [6, 6.07) is 11.0. The summed E-state index contributed by atoms with van der Waals surface area (Å²) in [5, 5.41) is 3.54. The number of benzene rings is 1. The third-order valence-electron chi connectivity index (χ3n) is 3.69. The number of imidazole rings is 1. The van der Waals surface area contributed by atoms with E-state index in [1.807, 2.05) is 6.20 Å². The van der Waals surface area contributed by atoms with Crippen molar-refractivity contribution in [3.05, 3.63) is 54.1 Å². The SMILES string of the molecule is CCCn1ccnc1CNCC(c1ccccc1)N(C)C. The molecule has 2 rings (SSSR count). The molecule has 0 saturated heterocycles. The Kier molecular flexibility index (Phi) is 5.96. The van der Waals surface area contributed by atoms with Gasteiger partial charge in [-0.05, 0) is 26.1 Å². The average Bonchev–Trinajstić information content (AvgIpc) is 2.92. The molecule has 0 aliphatic heterocycles. The van der Waals surface area contributed by atoms with E-state index in [0.717, 1.165) is 31.9 Å². The van der Waals surface area contributed by atoms with Crippen LogP contribution < -0.4 is 5.32 Å². The van der Waals surface area contributed by atoms with Crippen molar-refractivity contribution >= 4 is 0 Å². The molecule has 0 amide bonds. The molecule has 1 atom stereocenters. The monoisotopic (exact) mass is 286 g/mol. The van der Waals surface area contributed by atoms with Gasteiger partial charge >= 0.3 is 0 Å². The number of aromatic nitrogens is 2. The van der Waals surface area contributed by atoms with Gasteiger partial charge in [0.05, 0.1) is 6.54 Å². The van der Waals surface area contributed by atoms with Crippen LogP contribution in [-0.4, -0.2) is 35.1 Å². The lowest BCUT2D eigenvalue weighted by molar-refractivity contribution is 0.287. The highest BCUT2D eigenvalue weighted by molar-refractivity contribution is 5.19. The van der Waals surface area contributed by atoms with Crippen LogP contribution in [0.5, 0.6) is 0 Å². The van der Waals surface area contributed by atoms with E-state index < -0.39 is 0 Å². The van der Waals surface area contributed by atoms with Gasteiger partial charge in [0, 0.05) is 31.5 Å². The van der Waals surface area contributed by atoms with Gasteiger partial charge in [-0.25, -0.2) is 4.98 Å². The first kappa shape index (κ1) is 15.7. The van der Waals surface area contributed by atoms with Gasteiger partial charge in [0.25, 0.3) is 0 Å². The third-order valence-corrected chi connectivity index (χ3v) is 3.69. The summed E-state index contributed by atoms with van der Waals surface area (Å²) in [6.45, 7) is 4.95. The zero-order valence-corrected chi connectivity index (χ0v) is 13.3. The standard InChI is InChI=1S/C17H26N4/c1-4-11-21-12-10-19-17(21)14-18-13-16(20(2)3)15-8-6-5-7-9-15/h5-10,12,16,18H,4,11,13-14H2,1-3H3. The molecule has 0 saturated carbocycles. The van der Waals surface area contributed by atoms with Gasteiger partial charge < -0.3 is 14.8 Å². The van der Waals surface area contributed by atoms with Crippen LogP contribution in [0.3, 0.4) is 0 Å². The predicted octanol–water partition coefficient (Wildman–Crippen LogP) is 2.69. The fraction of sp³-hybridized carbons (Fsp3) is 0.471. The lowest BCUT2D eigenvalue weighted by Crippen LogP contribution is -2.31. The molecule has 4 nitrogen and oxygen atoms in total. The Hall–Kier alpha value is -1.65. The van der Waals surface area contributed by atoms with Crippen molar-refractivity contribution in [1.82, 2.24) is 19.8 Å². The molecule has 0 aliphatic rings. The predicted molar refractivity (Wildman–Crippen MR) is 87.1 cm³/mol. The zero-order valence-electron chi connectivity index (χ0n) is 13.3. The molecule has 0 bridgehead atoms. The van der Waals surface area contributed by atoms with E-state index in [4.69, 9.17) is 0 Å². The van der Waals surface area contributed by atoms with Crippen molar-refractivity contribution in [3.63, 3.8) is 0 Å². The van der Waals surface area contributed by atoms with Crippen molar-refractivity contribution < 1.29 is 0 Å². The Morgan fingerprint density at radius 2 is 2.00 bits per heavy atom. The Morgan fingerprint density at radius 3 is 2.67 bits per heavy atom. The number of nitrogens with one attached hydrogen (secondary N) is 1. The lowest BCUT2D eigenvalue weighted by atomic mass is 10.1. The van der Waals surface area contributed by atoms with Crippen LogP contribution in [0.1, 0.15) is 30.8 Å². The number of likely N-dealkylation sites (N-methyl/N-ethyl adjacent to an activating group) is 1. The van der Waals surface area contributed by atoms with Gasteiger partial charge in [0.1, 0.15) is 5.82 Å². The van der Waals surface area contributed by atoms with E-state index in [0.29, 0.717) is 6.04 Å². The molecule has 0 aliphatic carbocycles. The maximum atomic E-state index is 4.44. The molecule has 4 heteroatoms. The topological polar surface area (TPSA) is 33.1 Å². The summed E-state index contributed by atoms with van der Waals surface area (Å²) in [4.78, 5) is 6.69. The minimum atomic E-state index is 0.376. The molecule has 114 valence electrons. The van der Waals surface area contributed by atoms with Crippen molar-refractivity contribution in [3.8, 4) is 0 Å². The van der Waals surface area contributed by atoms with Crippen molar-refractivity contribution in [2.24, 2.45) is 0 Å². The molecular formula is C17H26N4. The minimum Gasteiger partial charge on any atom is -0.334 e. The van der Waals surface area contributed by atoms with E-state index >= 15 is 0 Å². The Bertz CT molecular complexity index is 519. The number of hydrogen-bond acceptors (Lipinski definition) is 3. The summed E-state index contributed by atoms with van der Waals surface area (Å²) in [5.74, 6) is 1.11. The van der Waals surface area contributed by atoms with Gasteiger partial charge in [-0.2, -0.15) is 0 Å². The smallest absolute Gasteiger partial charge is 0.122 e. The molecule has 2 aromatic rings. The number of rotatable bonds is 8. The Labute approximate surface area is 127 Å². The van der Waals surface area contributed by atoms with Crippen LogP contribution >= 0.6 is 0 Å². The van der Waals surface area contributed by atoms with Crippen LogP contribution in [0.25, 0.3) is 0 Å². The summed E-state index contributed by atoms with van der Waals surface area (Å²) in [7, 11) is 4.24. The quantitative estimate of drug-likeness (QED) is 0.810. The molecular weight excluding hydrogens is 260 g/mol. The first-order valence-corrected chi connectivity index (χ1v) is 7.64. The van der Waals surface area contributed by atoms with Gasteiger partial charge in [0.2, 0.25) is 0 Å². The largest absolute Gasteiger partial charge is 0.334 e. The van der Waals surface area contributed by atoms with Crippen LogP contribution in [0.2, 0.25) is 0 Å². The lowest BCUT2D eigenvalue weighted by Gasteiger charge is -2.25. The van der Waals surface area contributed by atoms with Gasteiger partial charge in [-0.1, -0.05) is 37.3 Å². The molecule has 21 heavy (non-hydrogen) atoms.